The van der Waals surface area contributed by atoms with Crippen molar-refractivity contribution in [3.63, 3.8) is 0 Å². The molecule has 2 aliphatic rings. The zero-order valence-electron chi connectivity index (χ0n) is 15.2. The molecule has 1 saturated heterocycles. The van der Waals surface area contributed by atoms with Crippen LogP contribution in [0.25, 0.3) is 10.9 Å². The number of fused-ring (bicyclic) bond motifs is 1. The van der Waals surface area contributed by atoms with Crippen LogP contribution in [0.3, 0.4) is 0 Å². The van der Waals surface area contributed by atoms with E-state index in [2.05, 4.69) is 48.6 Å². The number of benzene rings is 1. The molecule has 5 rings (SSSR count). The van der Waals surface area contributed by atoms with Crippen LogP contribution in [0.2, 0.25) is 0 Å². The van der Waals surface area contributed by atoms with Crippen LogP contribution in [0.5, 0.6) is 0 Å². The number of rotatable bonds is 6. The Labute approximate surface area is 163 Å². The van der Waals surface area contributed by atoms with E-state index in [-0.39, 0.29) is 0 Å². The molecule has 2 aromatic heterocycles. The normalized spacial score (nSPS) is 17.4. The molecule has 27 heavy (non-hydrogen) atoms. The average molecular weight is 382 g/mol. The predicted molar refractivity (Wildman–Crippen MR) is 109 cm³/mol. The summed E-state index contributed by atoms with van der Waals surface area (Å²) in [7, 11) is 0. The molecule has 1 saturated carbocycles. The van der Waals surface area contributed by atoms with Crippen LogP contribution in [0.15, 0.2) is 48.0 Å². The molecule has 1 aliphatic carbocycles. The van der Waals surface area contributed by atoms with Gasteiger partial charge in [-0.05, 0) is 43.0 Å². The van der Waals surface area contributed by atoms with Crippen LogP contribution in [0, 0.1) is 5.92 Å². The Morgan fingerprint density at radius 1 is 1.15 bits per heavy atom. The molecular formula is C20H23N5OS. The summed E-state index contributed by atoms with van der Waals surface area (Å²) in [5.74, 6) is 0.853. The molecule has 0 spiro atoms. The number of imidazole rings is 1. The van der Waals surface area contributed by atoms with Crippen LogP contribution in [-0.2, 0) is 11.3 Å². The Balaban J connectivity index is 1.36. The van der Waals surface area contributed by atoms with Crippen molar-refractivity contribution in [3.8, 4) is 0 Å². The van der Waals surface area contributed by atoms with Gasteiger partial charge >= 0.3 is 0 Å². The van der Waals surface area contributed by atoms with Crippen molar-refractivity contribution in [1.29, 1.82) is 0 Å². The number of anilines is 2. The van der Waals surface area contributed by atoms with Crippen molar-refractivity contribution in [2.45, 2.75) is 24.4 Å². The number of hydrogen-bond donors (Lipinski definition) is 1. The van der Waals surface area contributed by atoms with E-state index < -0.39 is 0 Å². The summed E-state index contributed by atoms with van der Waals surface area (Å²) >= 11 is 1.54. The second-order valence-corrected chi connectivity index (χ2v) is 8.01. The second-order valence-electron chi connectivity index (χ2n) is 7.19. The van der Waals surface area contributed by atoms with Crippen molar-refractivity contribution in [2.75, 3.05) is 35.9 Å². The highest BCUT2D eigenvalue weighted by Gasteiger charge is 2.21. The molecule has 0 amide bonds. The van der Waals surface area contributed by atoms with E-state index >= 15 is 0 Å². The largest absolute Gasteiger partial charge is 0.378 e. The molecule has 1 N–H and O–H groups in total. The van der Waals surface area contributed by atoms with Crippen LogP contribution in [0.4, 0.5) is 11.4 Å². The van der Waals surface area contributed by atoms with Gasteiger partial charge in [-0.2, -0.15) is 0 Å². The molecule has 3 heterocycles. The summed E-state index contributed by atoms with van der Waals surface area (Å²) in [6.07, 6.45) is 8.61. The molecule has 7 heteroatoms. The minimum atomic E-state index is 0.779. The zero-order valence-corrected chi connectivity index (χ0v) is 16.0. The van der Waals surface area contributed by atoms with Crippen molar-refractivity contribution in [2.24, 2.45) is 5.92 Å². The topological polar surface area (TPSA) is 55.2 Å². The van der Waals surface area contributed by atoms with Gasteiger partial charge in [-0.15, -0.1) is 0 Å². The first-order chi connectivity index (χ1) is 13.4. The molecule has 140 valence electrons. The fourth-order valence-electron chi connectivity index (χ4n) is 3.52. The highest BCUT2D eigenvalue weighted by Crippen LogP contribution is 2.34. The van der Waals surface area contributed by atoms with Gasteiger partial charge in [0.25, 0.3) is 0 Å². The third-order valence-corrected chi connectivity index (χ3v) is 5.88. The lowest BCUT2D eigenvalue weighted by atomic mass is 10.1. The van der Waals surface area contributed by atoms with E-state index in [0.717, 1.165) is 55.0 Å². The second kappa shape index (κ2) is 7.40. The van der Waals surface area contributed by atoms with E-state index in [4.69, 9.17) is 4.74 Å². The minimum Gasteiger partial charge on any atom is -0.378 e. The molecule has 1 aromatic carbocycles. The van der Waals surface area contributed by atoms with Crippen molar-refractivity contribution in [1.82, 2.24) is 14.5 Å². The molecule has 3 aromatic rings. The van der Waals surface area contributed by atoms with Crippen LogP contribution in [0.1, 0.15) is 12.8 Å². The first kappa shape index (κ1) is 16.9. The Morgan fingerprint density at radius 2 is 2.04 bits per heavy atom. The van der Waals surface area contributed by atoms with Crippen molar-refractivity contribution in [3.05, 3.63) is 43.0 Å². The number of hydrogen-bond acceptors (Lipinski definition) is 6. The Kier molecular flexibility index (Phi) is 4.63. The van der Waals surface area contributed by atoms with Gasteiger partial charge in [-0.1, -0.05) is 0 Å². The monoisotopic (exact) mass is 381 g/mol. The Hall–Kier alpha value is -2.25. The number of morpholine rings is 1. The molecule has 0 bridgehead atoms. The lowest BCUT2D eigenvalue weighted by molar-refractivity contribution is 0.123. The van der Waals surface area contributed by atoms with Gasteiger partial charge in [0.1, 0.15) is 5.03 Å². The summed E-state index contributed by atoms with van der Waals surface area (Å²) in [4.78, 5) is 11.5. The number of nitrogens with one attached hydrogen (secondary N) is 1. The summed E-state index contributed by atoms with van der Waals surface area (Å²) in [5.41, 5.74) is 3.24. The molecule has 0 radical (unpaired) electrons. The van der Waals surface area contributed by atoms with E-state index in [0.29, 0.717) is 0 Å². The maximum absolute atomic E-state index is 5.49. The summed E-state index contributed by atoms with van der Waals surface area (Å²) in [6, 6.07) is 8.45. The van der Waals surface area contributed by atoms with Gasteiger partial charge in [0.05, 0.1) is 30.7 Å². The maximum Gasteiger partial charge on any atom is 0.134 e. The Bertz CT molecular complexity index is 933. The molecule has 2 fully saturated rings. The predicted octanol–water partition coefficient (Wildman–Crippen LogP) is 3.80. The van der Waals surface area contributed by atoms with Crippen LogP contribution < -0.4 is 9.62 Å². The van der Waals surface area contributed by atoms with Gasteiger partial charge in [0, 0.05) is 55.0 Å². The van der Waals surface area contributed by atoms with Gasteiger partial charge in [0.2, 0.25) is 0 Å². The lowest BCUT2D eigenvalue weighted by Crippen LogP contribution is -2.36. The van der Waals surface area contributed by atoms with Crippen LogP contribution >= 0.6 is 11.9 Å². The first-order valence-corrected chi connectivity index (χ1v) is 10.3. The quantitative estimate of drug-likeness (QED) is 0.656. The standard InChI is InChI=1S/C20H23N5OS/c1-2-16-18(25-8-10-26-11-9-25)6-5-17(20(16)21-7-1)23-27-19-13-24(14-22-19)12-15-3-4-15/h1-2,5-7,13-15,23H,3-4,8-12H2. The maximum atomic E-state index is 5.49. The fourth-order valence-corrected chi connectivity index (χ4v) is 4.19. The van der Waals surface area contributed by atoms with Crippen molar-refractivity contribution < 1.29 is 4.74 Å². The summed E-state index contributed by atoms with van der Waals surface area (Å²) in [6.45, 7) is 4.49. The van der Waals surface area contributed by atoms with Gasteiger partial charge in [-0.3, -0.25) is 4.98 Å². The number of pyridine rings is 1. The summed E-state index contributed by atoms with van der Waals surface area (Å²) < 4.78 is 11.1. The number of nitrogens with zero attached hydrogens (tertiary/aromatic N) is 4. The van der Waals surface area contributed by atoms with Crippen LogP contribution in [-0.4, -0.2) is 40.8 Å². The summed E-state index contributed by atoms with van der Waals surface area (Å²) in [5, 5.41) is 2.15. The fraction of sp³-hybridized carbons (Fsp3) is 0.400. The van der Waals surface area contributed by atoms with Gasteiger partial charge in [0.15, 0.2) is 0 Å². The molecule has 6 nitrogen and oxygen atoms in total. The third-order valence-electron chi connectivity index (χ3n) is 5.14. The minimum absolute atomic E-state index is 0.779. The number of ether oxygens (including phenoxy) is 1. The molecule has 0 unspecified atom stereocenters. The molecular weight excluding hydrogens is 358 g/mol. The van der Waals surface area contributed by atoms with E-state index in [9.17, 15) is 0 Å². The van der Waals surface area contributed by atoms with E-state index in [1.165, 1.54) is 23.9 Å². The highest BCUT2D eigenvalue weighted by molar-refractivity contribution is 8.00. The molecule has 1 aliphatic heterocycles. The average Bonchev–Trinajstić information content (AvgIpc) is 3.43. The third kappa shape index (κ3) is 3.75. The lowest BCUT2D eigenvalue weighted by Gasteiger charge is -2.30. The van der Waals surface area contributed by atoms with E-state index in [1.807, 2.05) is 18.6 Å². The van der Waals surface area contributed by atoms with E-state index in [1.54, 1.807) is 11.9 Å². The highest BCUT2D eigenvalue weighted by atomic mass is 32.2. The molecule has 0 atom stereocenters. The Morgan fingerprint density at radius 3 is 2.89 bits per heavy atom. The zero-order chi connectivity index (χ0) is 18.1. The van der Waals surface area contributed by atoms with Crippen molar-refractivity contribution >= 4 is 34.2 Å². The first-order valence-electron chi connectivity index (χ1n) is 9.52. The number of aromatic nitrogens is 3. The van der Waals surface area contributed by atoms with Gasteiger partial charge in [-0.25, -0.2) is 4.98 Å². The van der Waals surface area contributed by atoms with Gasteiger partial charge < -0.3 is 18.9 Å². The SMILES string of the molecule is c1cnc2c(NSc3cn(CC4CC4)cn3)ccc(N3CCOCC3)c2c1. The smallest absolute Gasteiger partial charge is 0.134 e.